The van der Waals surface area contributed by atoms with E-state index >= 15 is 0 Å². The van der Waals surface area contributed by atoms with Gasteiger partial charge in [0.1, 0.15) is 0 Å². The summed E-state index contributed by atoms with van der Waals surface area (Å²) in [5.74, 6) is 0.373. The summed E-state index contributed by atoms with van der Waals surface area (Å²) >= 11 is 0. The van der Waals surface area contributed by atoms with Crippen molar-refractivity contribution in [1.82, 2.24) is 0 Å². The summed E-state index contributed by atoms with van der Waals surface area (Å²) in [6, 6.07) is 4.37. The highest BCUT2D eigenvalue weighted by Crippen LogP contribution is 2.42. The first-order chi connectivity index (χ1) is 7.95. The minimum absolute atomic E-state index is 0.373. The molecule has 1 aromatic carbocycles. The first-order valence-electron chi connectivity index (χ1n) is 6.76. The monoisotopic (exact) mass is 232 g/mol. The minimum atomic E-state index is -0.596. The van der Waals surface area contributed by atoms with Crippen LogP contribution in [0.15, 0.2) is 12.1 Å². The van der Waals surface area contributed by atoms with Gasteiger partial charge in [0.05, 0.1) is 5.60 Å². The Bertz CT molecular complexity index is 399. The second kappa shape index (κ2) is 4.45. The maximum Gasteiger partial charge on any atom is 0.0922 e. The van der Waals surface area contributed by atoms with E-state index in [1.165, 1.54) is 23.1 Å². The molecule has 0 heterocycles. The number of benzene rings is 1. The van der Waals surface area contributed by atoms with Gasteiger partial charge in [-0.2, -0.15) is 0 Å². The van der Waals surface area contributed by atoms with Crippen LogP contribution in [0.1, 0.15) is 54.9 Å². The zero-order valence-electron chi connectivity index (χ0n) is 11.5. The van der Waals surface area contributed by atoms with Gasteiger partial charge in [0.2, 0.25) is 0 Å². The fourth-order valence-electron chi connectivity index (χ4n) is 3.04. The number of aliphatic hydroxyl groups is 1. The molecule has 94 valence electrons. The SMILES string of the molecule is Cc1cc([C@]2(O)CCCC[C@@H]2C)cc(C)c1C. The van der Waals surface area contributed by atoms with Crippen LogP contribution < -0.4 is 0 Å². The Balaban J connectivity index is 2.45. The normalized spacial score (nSPS) is 29.4. The lowest BCUT2D eigenvalue weighted by molar-refractivity contribution is -0.0470. The molecular formula is C16H24O. The first kappa shape index (κ1) is 12.6. The lowest BCUT2D eigenvalue weighted by Gasteiger charge is -2.39. The number of hydrogen-bond acceptors (Lipinski definition) is 1. The van der Waals surface area contributed by atoms with Gasteiger partial charge in [-0.1, -0.05) is 31.9 Å². The highest BCUT2D eigenvalue weighted by Gasteiger charge is 2.37. The third kappa shape index (κ3) is 2.13. The van der Waals surface area contributed by atoms with Crippen molar-refractivity contribution in [3.63, 3.8) is 0 Å². The van der Waals surface area contributed by atoms with Gasteiger partial charge in [0.15, 0.2) is 0 Å². The van der Waals surface area contributed by atoms with Gasteiger partial charge in [-0.3, -0.25) is 0 Å². The average molecular weight is 232 g/mol. The van der Waals surface area contributed by atoms with E-state index in [1.807, 2.05) is 0 Å². The maximum atomic E-state index is 11.0. The average Bonchev–Trinajstić information content (AvgIpc) is 2.29. The fourth-order valence-corrected chi connectivity index (χ4v) is 3.04. The van der Waals surface area contributed by atoms with E-state index in [0.717, 1.165) is 24.8 Å². The third-order valence-corrected chi connectivity index (χ3v) is 4.69. The van der Waals surface area contributed by atoms with E-state index in [-0.39, 0.29) is 0 Å². The minimum Gasteiger partial charge on any atom is -0.385 e. The standard InChI is InChI=1S/C16H24O/c1-11-9-15(10-12(2)14(11)4)16(17)8-6-5-7-13(16)3/h9-10,13,17H,5-8H2,1-4H3/t13-,16-/m0/s1. The van der Waals surface area contributed by atoms with Crippen LogP contribution in [0.2, 0.25) is 0 Å². The molecule has 1 heteroatoms. The van der Waals surface area contributed by atoms with E-state index in [9.17, 15) is 5.11 Å². The van der Waals surface area contributed by atoms with Crippen LogP contribution in [-0.4, -0.2) is 5.11 Å². The van der Waals surface area contributed by atoms with Gasteiger partial charge >= 0.3 is 0 Å². The van der Waals surface area contributed by atoms with Crippen LogP contribution in [0.5, 0.6) is 0 Å². The van der Waals surface area contributed by atoms with Crippen LogP contribution in [0.3, 0.4) is 0 Å². The van der Waals surface area contributed by atoms with Crippen LogP contribution in [0.25, 0.3) is 0 Å². The van der Waals surface area contributed by atoms with Crippen LogP contribution in [0, 0.1) is 26.7 Å². The molecule has 0 bridgehead atoms. The van der Waals surface area contributed by atoms with E-state index in [4.69, 9.17) is 0 Å². The van der Waals surface area contributed by atoms with Crippen molar-refractivity contribution in [1.29, 1.82) is 0 Å². The Labute approximate surface area is 105 Å². The first-order valence-corrected chi connectivity index (χ1v) is 6.76. The second-order valence-electron chi connectivity index (χ2n) is 5.81. The molecule has 2 rings (SSSR count). The lowest BCUT2D eigenvalue weighted by atomic mass is 9.71. The molecular weight excluding hydrogens is 208 g/mol. The second-order valence-corrected chi connectivity index (χ2v) is 5.81. The van der Waals surface area contributed by atoms with Crippen LogP contribution >= 0.6 is 0 Å². The molecule has 0 radical (unpaired) electrons. The molecule has 2 atom stereocenters. The topological polar surface area (TPSA) is 20.2 Å². The number of aryl methyl sites for hydroxylation is 2. The largest absolute Gasteiger partial charge is 0.385 e. The summed E-state index contributed by atoms with van der Waals surface area (Å²) in [7, 11) is 0. The molecule has 17 heavy (non-hydrogen) atoms. The number of hydrogen-bond donors (Lipinski definition) is 1. The quantitative estimate of drug-likeness (QED) is 0.775. The summed E-state index contributed by atoms with van der Waals surface area (Å²) in [4.78, 5) is 0. The summed E-state index contributed by atoms with van der Waals surface area (Å²) in [5, 5.41) is 11.0. The number of rotatable bonds is 1. The van der Waals surface area contributed by atoms with Crippen molar-refractivity contribution in [2.45, 2.75) is 59.0 Å². The summed E-state index contributed by atoms with van der Waals surface area (Å²) in [6.45, 7) is 8.62. The molecule has 1 aromatic rings. The molecule has 0 amide bonds. The predicted octanol–water partition coefficient (Wildman–Crippen LogP) is 4.01. The zero-order chi connectivity index (χ0) is 12.6. The molecule has 1 fully saturated rings. The molecule has 0 aromatic heterocycles. The Kier molecular flexibility index (Phi) is 3.31. The van der Waals surface area contributed by atoms with Gasteiger partial charge in [0.25, 0.3) is 0 Å². The molecule has 1 N–H and O–H groups in total. The summed E-state index contributed by atoms with van der Waals surface area (Å²) in [5.41, 5.74) is 4.48. The maximum absolute atomic E-state index is 11.0. The van der Waals surface area contributed by atoms with Gasteiger partial charge in [-0.15, -0.1) is 0 Å². The third-order valence-electron chi connectivity index (χ3n) is 4.69. The Morgan fingerprint density at radius 2 is 1.71 bits per heavy atom. The van der Waals surface area contributed by atoms with E-state index in [1.54, 1.807) is 0 Å². The van der Waals surface area contributed by atoms with E-state index in [2.05, 4.69) is 39.8 Å². The smallest absolute Gasteiger partial charge is 0.0922 e. The van der Waals surface area contributed by atoms with Crippen molar-refractivity contribution >= 4 is 0 Å². The molecule has 0 spiro atoms. The van der Waals surface area contributed by atoms with Gasteiger partial charge in [-0.25, -0.2) is 0 Å². The summed E-state index contributed by atoms with van der Waals surface area (Å²) in [6.07, 6.45) is 4.46. The zero-order valence-corrected chi connectivity index (χ0v) is 11.5. The Hall–Kier alpha value is -0.820. The Morgan fingerprint density at radius 3 is 2.24 bits per heavy atom. The van der Waals surface area contributed by atoms with Gasteiger partial charge in [-0.05, 0) is 61.8 Å². The molecule has 1 aliphatic rings. The van der Waals surface area contributed by atoms with Crippen LogP contribution in [-0.2, 0) is 5.60 Å². The Morgan fingerprint density at radius 1 is 1.12 bits per heavy atom. The fraction of sp³-hybridized carbons (Fsp3) is 0.625. The molecule has 0 unspecified atom stereocenters. The van der Waals surface area contributed by atoms with E-state index in [0.29, 0.717) is 5.92 Å². The molecule has 1 saturated carbocycles. The van der Waals surface area contributed by atoms with Gasteiger partial charge < -0.3 is 5.11 Å². The predicted molar refractivity (Wildman–Crippen MR) is 72.2 cm³/mol. The molecule has 1 aliphatic carbocycles. The van der Waals surface area contributed by atoms with E-state index < -0.39 is 5.60 Å². The summed E-state index contributed by atoms with van der Waals surface area (Å²) < 4.78 is 0. The van der Waals surface area contributed by atoms with Gasteiger partial charge in [0, 0.05) is 0 Å². The van der Waals surface area contributed by atoms with Crippen molar-refractivity contribution in [2.75, 3.05) is 0 Å². The molecule has 0 saturated heterocycles. The van der Waals surface area contributed by atoms with Crippen molar-refractivity contribution in [3.8, 4) is 0 Å². The van der Waals surface area contributed by atoms with Crippen molar-refractivity contribution in [3.05, 3.63) is 34.4 Å². The molecule has 1 nitrogen and oxygen atoms in total. The van der Waals surface area contributed by atoms with Crippen LogP contribution in [0.4, 0.5) is 0 Å². The molecule has 0 aliphatic heterocycles. The highest BCUT2D eigenvalue weighted by atomic mass is 16.3. The van der Waals surface area contributed by atoms with Crippen molar-refractivity contribution < 1.29 is 5.11 Å². The lowest BCUT2D eigenvalue weighted by Crippen LogP contribution is -2.36. The van der Waals surface area contributed by atoms with Crippen molar-refractivity contribution in [2.24, 2.45) is 5.92 Å². The highest BCUT2D eigenvalue weighted by molar-refractivity contribution is 5.39.